The van der Waals surface area contributed by atoms with E-state index >= 15 is 0 Å². The van der Waals surface area contributed by atoms with Gasteiger partial charge in [-0.05, 0) is 68.9 Å². The Kier molecular flexibility index (Phi) is 6.52. The molecule has 0 aliphatic carbocycles. The summed E-state index contributed by atoms with van der Waals surface area (Å²) in [5.41, 5.74) is 1.22. The van der Waals surface area contributed by atoms with Gasteiger partial charge in [0.15, 0.2) is 0 Å². The summed E-state index contributed by atoms with van der Waals surface area (Å²) in [6, 6.07) is 4.18. The SMILES string of the molecule is CNCc1cc(Br)c(OCCC(C)C)c(Br)c1. The van der Waals surface area contributed by atoms with E-state index in [-0.39, 0.29) is 0 Å². The summed E-state index contributed by atoms with van der Waals surface area (Å²) < 4.78 is 7.80. The lowest BCUT2D eigenvalue weighted by atomic mass is 10.1. The van der Waals surface area contributed by atoms with Crippen LogP contribution in [-0.4, -0.2) is 13.7 Å². The van der Waals surface area contributed by atoms with Gasteiger partial charge in [0, 0.05) is 6.54 Å². The van der Waals surface area contributed by atoms with E-state index in [9.17, 15) is 0 Å². The lowest BCUT2D eigenvalue weighted by Crippen LogP contribution is -2.06. The molecule has 0 radical (unpaired) electrons. The Morgan fingerprint density at radius 3 is 2.29 bits per heavy atom. The van der Waals surface area contributed by atoms with Crippen LogP contribution in [-0.2, 0) is 6.54 Å². The van der Waals surface area contributed by atoms with Crippen molar-refractivity contribution >= 4 is 31.9 Å². The average Bonchev–Trinajstić information content (AvgIpc) is 2.22. The molecule has 0 spiro atoms. The summed E-state index contributed by atoms with van der Waals surface area (Å²) in [6.45, 7) is 6.00. The normalized spacial score (nSPS) is 10.9. The molecule has 0 atom stereocenters. The molecular weight excluding hydrogens is 346 g/mol. The molecule has 96 valence electrons. The Hall–Kier alpha value is -0.0600. The van der Waals surface area contributed by atoms with Crippen molar-refractivity contribution in [2.24, 2.45) is 5.92 Å². The zero-order valence-corrected chi connectivity index (χ0v) is 13.7. The number of benzene rings is 1. The summed E-state index contributed by atoms with van der Waals surface area (Å²) in [5.74, 6) is 1.56. The van der Waals surface area contributed by atoms with Gasteiger partial charge < -0.3 is 10.1 Å². The van der Waals surface area contributed by atoms with Gasteiger partial charge in [-0.3, -0.25) is 0 Å². The Morgan fingerprint density at radius 1 is 1.24 bits per heavy atom. The molecule has 0 aliphatic heterocycles. The highest BCUT2D eigenvalue weighted by Gasteiger charge is 2.09. The first-order chi connectivity index (χ1) is 8.04. The molecule has 0 heterocycles. The summed E-state index contributed by atoms with van der Waals surface area (Å²) in [7, 11) is 1.94. The van der Waals surface area contributed by atoms with Gasteiger partial charge in [0.25, 0.3) is 0 Å². The van der Waals surface area contributed by atoms with Crippen molar-refractivity contribution in [2.45, 2.75) is 26.8 Å². The molecule has 0 aliphatic rings. The molecule has 1 rings (SSSR count). The third-order valence-corrected chi connectivity index (χ3v) is 3.56. The van der Waals surface area contributed by atoms with Crippen molar-refractivity contribution in [3.8, 4) is 5.75 Å². The molecule has 1 aromatic carbocycles. The number of nitrogens with one attached hydrogen (secondary N) is 1. The van der Waals surface area contributed by atoms with E-state index in [1.165, 1.54) is 5.56 Å². The summed E-state index contributed by atoms with van der Waals surface area (Å²) >= 11 is 7.10. The van der Waals surface area contributed by atoms with Crippen LogP contribution in [0.2, 0.25) is 0 Å². The van der Waals surface area contributed by atoms with Crippen LogP contribution in [0.5, 0.6) is 5.75 Å². The van der Waals surface area contributed by atoms with Crippen molar-refractivity contribution in [3.63, 3.8) is 0 Å². The zero-order chi connectivity index (χ0) is 12.8. The molecule has 0 aromatic heterocycles. The van der Waals surface area contributed by atoms with Gasteiger partial charge in [-0.1, -0.05) is 13.8 Å². The molecule has 0 amide bonds. The van der Waals surface area contributed by atoms with Crippen LogP contribution < -0.4 is 10.1 Å². The van der Waals surface area contributed by atoms with Crippen molar-refractivity contribution < 1.29 is 4.74 Å². The second-order valence-electron chi connectivity index (χ2n) is 4.45. The van der Waals surface area contributed by atoms with Gasteiger partial charge in [-0.2, -0.15) is 0 Å². The number of rotatable bonds is 6. The highest BCUT2D eigenvalue weighted by atomic mass is 79.9. The first kappa shape index (κ1) is 15.0. The van der Waals surface area contributed by atoms with Gasteiger partial charge >= 0.3 is 0 Å². The van der Waals surface area contributed by atoms with Crippen LogP contribution in [0.3, 0.4) is 0 Å². The largest absolute Gasteiger partial charge is 0.491 e. The molecule has 0 saturated heterocycles. The first-order valence-corrected chi connectivity index (χ1v) is 7.38. The Labute approximate surface area is 120 Å². The Morgan fingerprint density at radius 2 is 1.82 bits per heavy atom. The van der Waals surface area contributed by atoms with E-state index < -0.39 is 0 Å². The van der Waals surface area contributed by atoms with Crippen molar-refractivity contribution in [1.29, 1.82) is 0 Å². The van der Waals surface area contributed by atoms with Crippen LogP contribution in [0.1, 0.15) is 25.8 Å². The second kappa shape index (κ2) is 7.39. The quantitative estimate of drug-likeness (QED) is 0.809. The Balaban J connectivity index is 2.72. The van der Waals surface area contributed by atoms with Gasteiger partial charge in [0.05, 0.1) is 15.6 Å². The number of halogens is 2. The van der Waals surface area contributed by atoms with E-state index in [1.54, 1.807) is 0 Å². The standard InChI is InChI=1S/C13H19Br2NO/c1-9(2)4-5-17-13-11(14)6-10(8-16-3)7-12(13)15/h6-7,9,16H,4-5,8H2,1-3H3. The molecule has 4 heteroatoms. The smallest absolute Gasteiger partial charge is 0.147 e. The van der Waals surface area contributed by atoms with E-state index in [2.05, 4.69) is 63.2 Å². The van der Waals surface area contributed by atoms with E-state index in [1.807, 2.05) is 7.05 Å². The molecule has 17 heavy (non-hydrogen) atoms. The maximum absolute atomic E-state index is 5.80. The third kappa shape index (κ3) is 4.98. The van der Waals surface area contributed by atoms with E-state index in [0.717, 1.165) is 34.3 Å². The van der Waals surface area contributed by atoms with Gasteiger partial charge in [-0.25, -0.2) is 0 Å². The average molecular weight is 365 g/mol. The maximum atomic E-state index is 5.80. The topological polar surface area (TPSA) is 21.3 Å². The van der Waals surface area contributed by atoms with Crippen LogP contribution in [0.4, 0.5) is 0 Å². The van der Waals surface area contributed by atoms with Crippen LogP contribution in [0, 0.1) is 5.92 Å². The summed E-state index contributed by atoms with van der Waals surface area (Å²) in [4.78, 5) is 0. The number of ether oxygens (including phenoxy) is 1. The predicted molar refractivity (Wildman–Crippen MR) is 79.6 cm³/mol. The lowest BCUT2D eigenvalue weighted by molar-refractivity contribution is 0.286. The van der Waals surface area contributed by atoms with E-state index in [4.69, 9.17) is 4.74 Å². The monoisotopic (exact) mass is 363 g/mol. The van der Waals surface area contributed by atoms with Crippen LogP contribution >= 0.6 is 31.9 Å². The second-order valence-corrected chi connectivity index (χ2v) is 6.16. The molecule has 0 unspecified atom stereocenters. The van der Waals surface area contributed by atoms with Crippen molar-refractivity contribution in [3.05, 3.63) is 26.6 Å². The molecule has 0 fully saturated rings. The van der Waals surface area contributed by atoms with Gasteiger partial charge in [-0.15, -0.1) is 0 Å². The fraction of sp³-hybridized carbons (Fsp3) is 0.538. The number of hydrogen-bond acceptors (Lipinski definition) is 2. The lowest BCUT2D eigenvalue weighted by Gasteiger charge is -2.13. The molecule has 1 N–H and O–H groups in total. The molecule has 0 saturated carbocycles. The molecule has 2 nitrogen and oxygen atoms in total. The highest BCUT2D eigenvalue weighted by molar-refractivity contribution is 9.11. The zero-order valence-electron chi connectivity index (χ0n) is 10.5. The predicted octanol–water partition coefficient (Wildman–Crippen LogP) is 4.36. The Bertz CT molecular complexity index is 343. The van der Waals surface area contributed by atoms with Crippen molar-refractivity contribution in [1.82, 2.24) is 5.32 Å². The van der Waals surface area contributed by atoms with Crippen LogP contribution in [0.25, 0.3) is 0 Å². The van der Waals surface area contributed by atoms with Gasteiger partial charge in [0.2, 0.25) is 0 Å². The molecular formula is C13H19Br2NO. The molecule has 1 aromatic rings. The minimum atomic E-state index is 0.663. The van der Waals surface area contributed by atoms with Crippen molar-refractivity contribution in [2.75, 3.05) is 13.7 Å². The fourth-order valence-corrected chi connectivity index (χ4v) is 2.96. The molecule has 0 bridgehead atoms. The van der Waals surface area contributed by atoms with E-state index in [0.29, 0.717) is 5.92 Å². The van der Waals surface area contributed by atoms with Gasteiger partial charge in [0.1, 0.15) is 5.75 Å². The maximum Gasteiger partial charge on any atom is 0.147 e. The summed E-state index contributed by atoms with van der Waals surface area (Å²) in [5, 5.41) is 3.13. The van der Waals surface area contributed by atoms with Crippen LogP contribution in [0.15, 0.2) is 21.1 Å². The minimum Gasteiger partial charge on any atom is -0.491 e. The minimum absolute atomic E-state index is 0.663. The fourth-order valence-electron chi connectivity index (χ4n) is 1.45. The first-order valence-electron chi connectivity index (χ1n) is 5.80. The highest BCUT2D eigenvalue weighted by Crippen LogP contribution is 2.35. The summed E-state index contributed by atoms with van der Waals surface area (Å²) in [6.07, 6.45) is 1.07. The third-order valence-electron chi connectivity index (χ3n) is 2.38. The number of hydrogen-bond donors (Lipinski definition) is 1.